The Hall–Kier alpha value is -2.70. The summed E-state index contributed by atoms with van der Waals surface area (Å²) < 4.78 is 42.1. The number of carbonyl (C=O) groups is 1. The summed E-state index contributed by atoms with van der Waals surface area (Å²) in [6, 6.07) is 9.96. The van der Waals surface area contributed by atoms with Gasteiger partial charge in [-0.05, 0) is 59.8 Å². The summed E-state index contributed by atoms with van der Waals surface area (Å²) in [4.78, 5) is 12.4. The van der Waals surface area contributed by atoms with Gasteiger partial charge in [0.2, 0.25) is 15.9 Å². The topological polar surface area (TPSA) is 110 Å². The summed E-state index contributed by atoms with van der Waals surface area (Å²) in [5.74, 6) is -0.791. The van der Waals surface area contributed by atoms with Crippen molar-refractivity contribution in [2.24, 2.45) is 0 Å². The number of likely N-dealkylation sites (N-methyl/N-ethyl adjacent to an activating group) is 1. The number of benzene rings is 2. The second-order valence-electron chi connectivity index (χ2n) is 6.07. The molecule has 152 valence electrons. The maximum Gasteiger partial charge on any atom is 0.243 e. The number of anilines is 1. The quantitative estimate of drug-likeness (QED) is 0.576. The van der Waals surface area contributed by atoms with E-state index in [9.17, 15) is 17.6 Å². The van der Waals surface area contributed by atoms with E-state index in [4.69, 9.17) is 0 Å². The minimum Gasteiger partial charge on any atom is -0.325 e. The van der Waals surface area contributed by atoms with Crippen LogP contribution in [0.15, 0.2) is 51.8 Å². The third-order valence-corrected chi connectivity index (χ3v) is 6.32. The molecule has 9 nitrogen and oxygen atoms in total. The van der Waals surface area contributed by atoms with Gasteiger partial charge in [-0.3, -0.25) is 4.79 Å². The van der Waals surface area contributed by atoms with E-state index in [-0.39, 0.29) is 16.3 Å². The van der Waals surface area contributed by atoms with Crippen LogP contribution in [-0.4, -0.2) is 52.4 Å². The van der Waals surface area contributed by atoms with Crippen LogP contribution in [-0.2, 0) is 14.8 Å². The Labute approximate surface area is 174 Å². The molecule has 0 unspecified atom stereocenters. The Morgan fingerprint density at radius 1 is 1.24 bits per heavy atom. The maximum atomic E-state index is 14.1. The van der Waals surface area contributed by atoms with Crippen LogP contribution >= 0.6 is 15.9 Å². The second kappa shape index (κ2) is 8.35. The third kappa shape index (κ3) is 4.66. The number of hydrogen-bond donors (Lipinski definition) is 1. The van der Waals surface area contributed by atoms with E-state index in [0.29, 0.717) is 5.82 Å². The van der Waals surface area contributed by atoms with Gasteiger partial charge in [-0.1, -0.05) is 15.9 Å². The fourth-order valence-electron chi connectivity index (χ4n) is 2.48. The van der Waals surface area contributed by atoms with Crippen molar-refractivity contribution < 1.29 is 17.6 Å². The van der Waals surface area contributed by atoms with Crippen LogP contribution in [0.5, 0.6) is 0 Å². The molecule has 0 atom stereocenters. The molecule has 1 amide bonds. The number of tetrazole rings is 1. The first kappa shape index (κ1) is 21.0. The van der Waals surface area contributed by atoms with Crippen molar-refractivity contribution in [3.8, 4) is 5.69 Å². The van der Waals surface area contributed by atoms with Crippen molar-refractivity contribution in [2.75, 3.05) is 18.9 Å². The Balaban J connectivity index is 1.74. The number of halogens is 2. The summed E-state index contributed by atoms with van der Waals surface area (Å²) in [5.41, 5.74) is 0.330. The molecule has 3 aromatic rings. The highest BCUT2D eigenvalue weighted by Gasteiger charge is 2.23. The monoisotopic (exact) mass is 482 g/mol. The van der Waals surface area contributed by atoms with Gasteiger partial charge in [0, 0.05) is 17.2 Å². The van der Waals surface area contributed by atoms with E-state index in [0.717, 1.165) is 14.8 Å². The SMILES string of the molecule is Cc1nnnn1-c1cc(NC(=O)CN(C)S(=O)(=O)c2ccc(Br)cc2)ccc1F. The molecule has 0 saturated carbocycles. The van der Waals surface area contributed by atoms with E-state index in [1.54, 1.807) is 19.1 Å². The summed E-state index contributed by atoms with van der Waals surface area (Å²) in [5, 5.41) is 13.4. The molecular weight excluding hydrogens is 467 g/mol. The molecule has 0 aliphatic heterocycles. The van der Waals surface area contributed by atoms with Crippen molar-refractivity contribution in [3.63, 3.8) is 0 Å². The molecule has 1 aromatic heterocycles. The first-order valence-electron chi connectivity index (χ1n) is 8.25. The van der Waals surface area contributed by atoms with Crippen LogP contribution in [0.4, 0.5) is 10.1 Å². The maximum absolute atomic E-state index is 14.1. The molecule has 0 saturated heterocycles. The normalized spacial score (nSPS) is 11.6. The van der Waals surface area contributed by atoms with Gasteiger partial charge in [0.1, 0.15) is 11.5 Å². The lowest BCUT2D eigenvalue weighted by Crippen LogP contribution is -2.35. The van der Waals surface area contributed by atoms with Gasteiger partial charge in [0.15, 0.2) is 5.82 Å². The predicted octanol–water partition coefficient (Wildman–Crippen LogP) is 2.13. The fourth-order valence-corrected chi connectivity index (χ4v) is 3.87. The molecule has 1 N–H and O–H groups in total. The van der Waals surface area contributed by atoms with E-state index >= 15 is 0 Å². The lowest BCUT2D eigenvalue weighted by molar-refractivity contribution is -0.116. The Kier molecular flexibility index (Phi) is 6.05. The van der Waals surface area contributed by atoms with Gasteiger partial charge >= 0.3 is 0 Å². The van der Waals surface area contributed by atoms with Gasteiger partial charge in [0.25, 0.3) is 0 Å². The highest BCUT2D eigenvalue weighted by Crippen LogP contribution is 2.20. The molecule has 0 fully saturated rings. The molecule has 0 aliphatic rings. The zero-order valence-corrected chi connectivity index (χ0v) is 17.8. The molecule has 12 heteroatoms. The molecule has 0 bridgehead atoms. The number of carbonyl (C=O) groups excluding carboxylic acids is 1. The minimum atomic E-state index is -3.84. The number of amides is 1. The summed E-state index contributed by atoms with van der Waals surface area (Å²) >= 11 is 3.24. The molecule has 1 heterocycles. The number of sulfonamides is 1. The van der Waals surface area contributed by atoms with Crippen LogP contribution in [0, 0.1) is 12.7 Å². The standard InChI is InChI=1S/C17H16BrFN6O3S/c1-11-21-22-23-25(11)16-9-13(5-8-15(16)19)20-17(26)10-24(2)29(27,28)14-6-3-12(18)4-7-14/h3-9H,10H2,1-2H3,(H,20,26). The summed E-state index contributed by atoms with van der Waals surface area (Å²) in [6.45, 7) is 1.18. The van der Waals surface area contributed by atoms with Crippen molar-refractivity contribution in [1.29, 1.82) is 0 Å². The van der Waals surface area contributed by atoms with Crippen LogP contribution in [0.3, 0.4) is 0 Å². The number of rotatable bonds is 6. The third-order valence-electron chi connectivity index (χ3n) is 3.97. The number of aryl methyl sites for hydroxylation is 1. The van der Waals surface area contributed by atoms with Gasteiger partial charge in [0.05, 0.1) is 11.4 Å². The first-order chi connectivity index (χ1) is 13.7. The van der Waals surface area contributed by atoms with Crippen LogP contribution < -0.4 is 5.32 Å². The molecule has 3 rings (SSSR count). The van der Waals surface area contributed by atoms with Crippen molar-refractivity contribution in [1.82, 2.24) is 24.5 Å². The van der Waals surface area contributed by atoms with Crippen LogP contribution in [0.25, 0.3) is 5.69 Å². The average molecular weight is 483 g/mol. The average Bonchev–Trinajstić information content (AvgIpc) is 3.09. The van der Waals surface area contributed by atoms with Crippen molar-refractivity contribution in [3.05, 3.63) is 58.6 Å². The van der Waals surface area contributed by atoms with Crippen molar-refractivity contribution in [2.45, 2.75) is 11.8 Å². The van der Waals surface area contributed by atoms with E-state index in [2.05, 4.69) is 36.8 Å². The lowest BCUT2D eigenvalue weighted by Gasteiger charge is -2.17. The van der Waals surface area contributed by atoms with Crippen molar-refractivity contribution >= 4 is 37.5 Å². The molecule has 2 aromatic carbocycles. The first-order valence-corrected chi connectivity index (χ1v) is 10.5. The van der Waals surface area contributed by atoms with E-state index in [1.165, 1.54) is 36.0 Å². The number of nitrogens with one attached hydrogen (secondary N) is 1. The largest absolute Gasteiger partial charge is 0.325 e. The Morgan fingerprint density at radius 3 is 2.55 bits per heavy atom. The predicted molar refractivity (Wildman–Crippen MR) is 106 cm³/mol. The van der Waals surface area contributed by atoms with E-state index < -0.39 is 28.3 Å². The minimum absolute atomic E-state index is 0.0566. The fraction of sp³-hybridized carbons (Fsp3) is 0.176. The molecule has 0 aliphatic carbocycles. The number of hydrogen-bond acceptors (Lipinski definition) is 6. The Bertz CT molecular complexity index is 1150. The smallest absolute Gasteiger partial charge is 0.243 e. The highest BCUT2D eigenvalue weighted by atomic mass is 79.9. The zero-order chi connectivity index (χ0) is 21.2. The number of aromatic nitrogens is 4. The van der Waals surface area contributed by atoms with E-state index in [1.807, 2.05) is 0 Å². The Morgan fingerprint density at radius 2 is 1.93 bits per heavy atom. The molecule has 29 heavy (non-hydrogen) atoms. The second-order valence-corrected chi connectivity index (χ2v) is 9.03. The summed E-state index contributed by atoms with van der Waals surface area (Å²) in [6.07, 6.45) is 0. The van der Waals surface area contributed by atoms with Gasteiger partial charge in [-0.15, -0.1) is 5.10 Å². The van der Waals surface area contributed by atoms with Crippen LogP contribution in [0.2, 0.25) is 0 Å². The highest BCUT2D eigenvalue weighted by molar-refractivity contribution is 9.10. The molecule has 0 radical (unpaired) electrons. The van der Waals surface area contributed by atoms with Gasteiger partial charge < -0.3 is 5.32 Å². The van der Waals surface area contributed by atoms with Gasteiger partial charge in [-0.2, -0.15) is 8.99 Å². The van der Waals surface area contributed by atoms with Crippen LogP contribution in [0.1, 0.15) is 5.82 Å². The lowest BCUT2D eigenvalue weighted by atomic mass is 10.2. The summed E-state index contributed by atoms with van der Waals surface area (Å²) in [7, 11) is -2.53. The number of nitrogens with zero attached hydrogens (tertiary/aromatic N) is 5. The molecular formula is C17H16BrFN6O3S. The molecule has 0 spiro atoms. The zero-order valence-electron chi connectivity index (χ0n) is 15.4. The van der Waals surface area contributed by atoms with Gasteiger partial charge in [-0.25, -0.2) is 12.8 Å².